The molecule has 1 amide bonds. The second-order valence-electron chi connectivity index (χ2n) is 8.41. The summed E-state index contributed by atoms with van der Waals surface area (Å²) < 4.78 is 22.9. The quantitative estimate of drug-likeness (QED) is 0.471. The Hall–Kier alpha value is -2.09. The maximum atomic E-state index is 11.9. The summed E-state index contributed by atoms with van der Waals surface area (Å²) in [7, 11) is -2.96. The summed E-state index contributed by atoms with van der Waals surface area (Å²) in [5.41, 5.74) is 1.84. The van der Waals surface area contributed by atoms with E-state index in [1.807, 2.05) is 49.9 Å². The number of guanidine groups is 1. The molecule has 7 nitrogen and oxygen atoms in total. The number of hydrogen-bond acceptors (Lipinski definition) is 4. The molecule has 1 aromatic rings. The molecule has 1 fully saturated rings. The first kappa shape index (κ1) is 23.2. The van der Waals surface area contributed by atoms with E-state index < -0.39 is 9.84 Å². The number of carbonyl (C=O) groups excluding carboxylic acids is 1. The van der Waals surface area contributed by atoms with Crippen molar-refractivity contribution in [2.45, 2.75) is 46.6 Å². The zero-order chi connectivity index (χ0) is 21.5. The van der Waals surface area contributed by atoms with Gasteiger partial charge >= 0.3 is 0 Å². The largest absolute Gasteiger partial charge is 0.357 e. The molecule has 2 N–H and O–H groups in total. The molecule has 1 heterocycles. The van der Waals surface area contributed by atoms with Gasteiger partial charge < -0.3 is 15.5 Å². The van der Waals surface area contributed by atoms with E-state index in [2.05, 4.69) is 15.6 Å². The predicted molar refractivity (Wildman–Crippen MR) is 119 cm³/mol. The molecule has 1 aliphatic heterocycles. The molecule has 29 heavy (non-hydrogen) atoms. The molecule has 2 rings (SSSR count). The van der Waals surface area contributed by atoms with Crippen molar-refractivity contribution in [2.75, 3.05) is 36.5 Å². The van der Waals surface area contributed by atoms with Gasteiger partial charge in [-0.05, 0) is 42.9 Å². The normalized spacial score (nSPS) is 15.7. The van der Waals surface area contributed by atoms with Crippen LogP contribution in [0.5, 0.6) is 0 Å². The van der Waals surface area contributed by atoms with E-state index >= 15 is 0 Å². The molecule has 1 aromatic carbocycles. The molecule has 8 heteroatoms. The van der Waals surface area contributed by atoms with Gasteiger partial charge in [-0.1, -0.05) is 26.0 Å². The zero-order valence-corrected chi connectivity index (χ0v) is 18.8. The number of carbonyl (C=O) groups is 1. The third kappa shape index (κ3) is 8.04. The average Bonchev–Trinajstić information content (AvgIpc) is 3.08. The first-order chi connectivity index (χ1) is 13.6. The Morgan fingerprint density at radius 1 is 1.21 bits per heavy atom. The van der Waals surface area contributed by atoms with Gasteiger partial charge in [0.1, 0.15) is 9.84 Å². The van der Waals surface area contributed by atoms with Crippen LogP contribution in [-0.4, -0.2) is 51.9 Å². The van der Waals surface area contributed by atoms with Gasteiger partial charge in [-0.3, -0.25) is 4.79 Å². The number of benzene rings is 1. The fourth-order valence-electron chi connectivity index (χ4n) is 3.09. The van der Waals surface area contributed by atoms with Gasteiger partial charge in [-0.15, -0.1) is 0 Å². The highest BCUT2D eigenvalue weighted by Crippen LogP contribution is 2.22. The summed E-state index contributed by atoms with van der Waals surface area (Å²) >= 11 is 0. The highest BCUT2D eigenvalue weighted by Gasteiger charge is 2.22. The van der Waals surface area contributed by atoms with Gasteiger partial charge in [0.2, 0.25) is 5.91 Å². The van der Waals surface area contributed by atoms with Gasteiger partial charge in [0.25, 0.3) is 0 Å². The van der Waals surface area contributed by atoms with Crippen molar-refractivity contribution in [1.82, 2.24) is 10.6 Å². The van der Waals surface area contributed by atoms with Crippen molar-refractivity contribution < 1.29 is 13.2 Å². The van der Waals surface area contributed by atoms with Gasteiger partial charge in [0.15, 0.2) is 5.96 Å². The maximum Gasteiger partial charge on any atom is 0.227 e. The Bertz CT molecular complexity index is 817. The lowest BCUT2D eigenvalue weighted by atomic mass is 9.90. The minimum absolute atomic E-state index is 0.164. The molecule has 0 spiro atoms. The van der Waals surface area contributed by atoms with E-state index in [1.54, 1.807) is 0 Å². The van der Waals surface area contributed by atoms with Crippen LogP contribution >= 0.6 is 0 Å². The van der Waals surface area contributed by atoms with Crippen LogP contribution in [-0.2, 0) is 21.2 Å². The molecule has 0 saturated carbocycles. The number of nitrogens with one attached hydrogen (secondary N) is 2. The van der Waals surface area contributed by atoms with Gasteiger partial charge in [-0.2, -0.15) is 0 Å². The molecule has 0 unspecified atom stereocenters. The van der Waals surface area contributed by atoms with E-state index in [9.17, 15) is 13.2 Å². The summed E-state index contributed by atoms with van der Waals surface area (Å²) in [4.78, 5) is 18.3. The minimum atomic E-state index is -2.96. The zero-order valence-electron chi connectivity index (χ0n) is 18.0. The summed E-state index contributed by atoms with van der Waals surface area (Å²) in [6, 6.07) is 7.96. The molecule has 0 bridgehead atoms. The van der Waals surface area contributed by atoms with Crippen LogP contribution in [0.25, 0.3) is 0 Å². The smallest absolute Gasteiger partial charge is 0.227 e. The van der Waals surface area contributed by atoms with Crippen molar-refractivity contribution in [3.8, 4) is 0 Å². The second kappa shape index (κ2) is 10.1. The summed E-state index contributed by atoms with van der Waals surface area (Å²) in [5.74, 6) is 1.08. The van der Waals surface area contributed by atoms with E-state index in [0.29, 0.717) is 31.9 Å². The minimum Gasteiger partial charge on any atom is -0.357 e. The number of anilines is 1. The van der Waals surface area contributed by atoms with Crippen molar-refractivity contribution in [1.29, 1.82) is 0 Å². The molecule has 0 aliphatic carbocycles. The molecular formula is C21H34N4O3S. The number of sulfone groups is 1. The Morgan fingerprint density at radius 3 is 2.45 bits per heavy atom. The average molecular weight is 423 g/mol. The molecule has 0 atom stereocenters. The van der Waals surface area contributed by atoms with E-state index in [-0.39, 0.29) is 17.1 Å². The molecule has 1 saturated heterocycles. The molecule has 0 aromatic heterocycles. The van der Waals surface area contributed by atoms with Crippen molar-refractivity contribution >= 4 is 27.4 Å². The van der Waals surface area contributed by atoms with Crippen LogP contribution in [0.2, 0.25) is 0 Å². The van der Waals surface area contributed by atoms with Crippen molar-refractivity contribution in [3.05, 3.63) is 29.8 Å². The lowest BCUT2D eigenvalue weighted by molar-refractivity contribution is -0.117. The predicted octanol–water partition coefficient (Wildman–Crippen LogP) is 2.33. The summed E-state index contributed by atoms with van der Waals surface area (Å²) in [5, 5.41) is 6.55. The standard InChI is InChI=1S/C21H34N4O3S/c1-5-22-20(24-16-21(2,3)12-14-29(4,27)28)23-15-17-8-10-18(11-9-17)25-13-6-7-19(25)26/h8-11H,5-7,12-16H2,1-4H3,(H2,22,23,24). The molecule has 1 aliphatic rings. The number of aliphatic imine (C=N–C) groups is 1. The van der Waals surface area contributed by atoms with Crippen molar-refractivity contribution in [2.24, 2.45) is 10.4 Å². The number of nitrogens with zero attached hydrogens (tertiary/aromatic N) is 2. The topological polar surface area (TPSA) is 90.9 Å². The number of rotatable bonds is 9. The SMILES string of the molecule is CCNC(=NCc1ccc(N2CCCC2=O)cc1)NCC(C)(C)CCS(C)(=O)=O. The Labute approximate surface area is 174 Å². The first-order valence-electron chi connectivity index (χ1n) is 10.2. The van der Waals surface area contributed by atoms with Crippen LogP contribution in [0.3, 0.4) is 0 Å². The lowest BCUT2D eigenvalue weighted by Gasteiger charge is -2.25. The fourth-order valence-corrected chi connectivity index (χ4v) is 4.01. The lowest BCUT2D eigenvalue weighted by Crippen LogP contribution is -2.42. The summed E-state index contributed by atoms with van der Waals surface area (Å²) in [6.07, 6.45) is 3.41. The molecule has 0 radical (unpaired) electrons. The monoisotopic (exact) mass is 422 g/mol. The third-order valence-corrected chi connectivity index (χ3v) is 5.92. The third-order valence-electron chi connectivity index (χ3n) is 4.97. The summed E-state index contributed by atoms with van der Waals surface area (Å²) in [6.45, 7) is 8.79. The first-order valence-corrected chi connectivity index (χ1v) is 12.2. The van der Waals surface area contributed by atoms with Crippen LogP contribution in [0.15, 0.2) is 29.3 Å². The number of amides is 1. The Kier molecular flexibility index (Phi) is 8.07. The Morgan fingerprint density at radius 2 is 1.90 bits per heavy atom. The Balaban J connectivity index is 1.93. The van der Waals surface area contributed by atoms with E-state index in [4.69, 9.17) is 0 Å². The van der Waals surface area contributed by atoms with Gasteiger partial charge in [0.05, 0.1) is 12.3 Å². The maximum absolute atomic E-state index is 11.9. The molecular weight excluding hydrogens is 388 g/mol. The number of hydrogen-bond donors (Lipinski definition) is 2. The fraction of sp³-hybridized carbons (Fsp3) is 0.619. The van der Waals surface area contributed by atoms with Crippen molar-refractivity contribution in [3.63, 3.8) is 0 Å². The van der Waals surface area contributed by atoms with Gasteiger partial charge in [-0.25, -0.2) is 13.4 Å². The van der Waals surface area contributed by atoms with Crippen LogP contribution in [0, 0.1) is 5.41 Å². The highest BCUT2D eigenvalue weighted by molar-refractivity contribution is 7.90. The highest BCUT2D eigenvalue weighted by atomic mass is 32.2. The van der Waals surface area contributed by atoms with Crippen LogP contribution in [0.1, 0.15) is 45.6 Å². The van der Waals surface area contributed by atoms with Crippen LogP contribution < -0.4 is 15.5 Å². The van der Waals surface area contributed by atoms with Crippen LogP contribution in [0.4, 0.5) is 5.69 Å². The molecule has 162 valence electrons. The van der Waals surface area contributed by atoms with Gasteiger partial charge in [0, 0.05) is 38.0 Å². The van der Waals surface area contributed by atoms with E-state index in [1.165, 1.54) is 6.26 Å². The second-order valence-corrected chi connectivity index (χ2v) is 10.7. The van der Waals surface area contributed by atoms with E-state index in [0.717, 1.165) is 30.8 Å².